The third-order valence-corrected chi connectivity index (χ3v) is 3.36. The molecule has 0 radical (unpaired) electrons. The molecule has 0 saturated heterocycles. The fourth-order valence-electron chi connectivity index (χ4n) is 2.29. The molecule has 0 aliphatic carbocycles. The molecule has 7 heteroatoms. The van der Waals surface area contributed by atoms with Crippen LogP contribution in [0.4, 0.5) is 10.5 Å². The van der Waals surface area contributed by atoms with E-state index in [9.17, 15) is 9.59 Å². The van der Waals surface area contributed by atoms with E-state index in [1.165, 1.54) is 7.11 Å². The minimum atomic E-state index is -0.866. The minimum absolute atomic E-state index is 0.248. The van der Waals surface area contributed by atoms with E-state index in [0.717, 1.165) is 16.7 Å². The summed E-state index contributed by atoms with van der Waals surface area (Å²) in [7, 11) is 2.93. The summed E-state index contributed by atoms with van der Waals surface area (Å²) in [6.07, 6.45) is 1.23. The molecule has 3 N–H and O–H groups in total. The van der Waals surface area contributed by atoms with Crippen LogP contribution in [0.3, 0.4) is 0 Å². The molecule has 1 aromatic rings. The first-order chi connectivity index (χ1) is 11.6. The summed E-state index contributed by atoms with van der Waals surface area (Å²) in [5, 5.41) is 2.56. The number of carbonyl (C=O) groups is 2. The minimum Gasteiger partial charge on any atom is -0.467 e. The first-order valence-corrected chi connectivity index (χ1v) is 7.96. The number of rotatable bonds is 5. The van der Waals surface area contributed by atoms with Crippen LogP contribution in [-0.2, 0) is 20.7 Å². The second kappa shape index (κ2) is 8.50. The van der Waals surface area contributed by atoms with Gasteiger partial charge in [0.05, 0.1) is 7.11 Å². The second-order valence-corrected chi connectivity index (χ2v) is 6.73. The number of methoxy groups -OCH3 is 1. The van der Waals surface area contributed by atoms with Crippen molar-refractivity contribution < 1.29 is 19.1 Å². The number of esters is 1. The Morgan fingerprint density at radius 3 is 2.52 bits per heavy atom. The van der Waals surface area contributed by atoms with E-state index in [1.807, 2.05) is 19.1 Å². The Morgan fingerprint density at radius 1 is 1.36 bits per heavy atom. The number of anilines is 1. The van der Waals surface area contributed by atoms with Gasteiger partial charge < -0.3 is 20.5 Å². The molecule has 1 amide bonds. The number of nitrogens with two attached hydrogens (primary N) is 1. The highest BCUT2D eigenvalue weighted by Crippen LogP contribution is 2.20. The number of ether oxygens (including phenoxy) is 2. The van der Waals surface area contributed by atoms with Crippen molar-refractivity contribution >= 4 is 24.0 Å². The maximum Gasteiger partial charge on any atom is 0.408 e. The number of hydrogen-bond donors (Lipinski definition) is 2. The highest BCUT2D eigenvalue weighted by molar-refractivity contribution is 5.88. The van der Waals surface area contributed by atoms with Crippen LogP contribution >= 0.6 is 0 Å². The summed E-state index contributed by atoms with van der Waals surface area (Å²) in [4.78, 5) is 28.0. The summed E-state index contributed by atoms with van der Waals surface area (Å²) in [5.41, 5.74) is 8.46. The SMILES string of the molecule is CN=Cc1cc(C[C@@H](NC(=O)OC(C)(C)C)C(=O)OC)cc(C)c1N. The molecule has 1 rings (SSSR count). The molecule has 0 aromatic heterocycles. The monoisotopic (exact) mass is 349 g/mol. The third-order valence-electron chi connectivity index (χ3n) is 3.36. The van der Waals surface area contributed by atoms with Crippen molar-refractivity contribution in [1.82, 2.24) is 5.32 Å². The quantitative estimate of drug-likeness (QED) is 0.482. The first-order valence-electron chi connectivity index (χ1n) is 7.96. The molecule has 138 valence electrons. The maximum absolute atomic E-state index is 12.0. The smallest absolute Gasteiger partial charge is 0.408 e. The summed E-state index contributed by atoms with van der Waals surface area (Å²) in [6, 6.07) is 2.84. The average Bonchev–Trinajstić information content (AvgIpc) is 2.49. The Balaban J connectivity index is 3.03. The van der Waals surface area contributed by atoms with Gasteiger partial charge in [0, 0.05) is 30.9 Å². The van der Waals surface area contributed by atoms with Crippen LogP contribution in [0.15, 0.2) is 17.1 Å². The number of amides is 1. The number of nitrogens with one attached hydrogen (secondary N) is 1. The van der Waals surface area contributed by atoms with E-state index in [1.54, 1.807) is 34.0 Å². The number of carbonyl (C=O) groups excluding carboxylic acids is 2. The molecule has 0 aliphatic heterocycles. The number of aryl methyl sites for hydroxylation is 1. The van der Waals surface area contributed by atoms with Gasteiger partial charge in [-0.2, -0.15) is 0 Å². The molecule has 0 saturated carbocycles. The molecule has 1 aromatic carbocycles. The van der Waals surface area contributed by atoms with Crippen LogP contribution in [-0.4, -0.2) is 44.1 Å². The van der Waals surface area contributed by atoms with Gasteiger partial charge in [0.25, 0.3) is 0 Å². The third kappa shape index (κ3) is 6.45. The predicted molar refractivity (Wildman–Crippen MR) is 98.0 cm³/mol. The summed E-state index contributed by atoms with van der Waals surface area (Å²) in [5.74, 6) is -0.550. The Morgan fingerprint density at radius 2 is 2.00 bits per heavy atom. The van der Waals surface area contributed by atoms with Crippen LogP contribution < -0.4 is 11.1 Å². The Kier molecular flexibility index (Phi) is 6.97. The molecule has 0 aliphatic rings. The van der Waals surface area contributed by atoms with Crippen molar-refractivity contribution in [3.8, 4) is 0 Å². The van der Waals surface area contributed by atoms with Crippen LogP contribution in [0, 0.1) is 6.92 Å². The fourth-order valence-corrected chi connectivity index (χ4v) is 2.29. The van der Waals surface area contributed by atoms with Crippen LogP contribution in [0.25, 0.3) is 0 Å². The normalized spacial score (nSPS) is 12.7. The standard InChI is InChI=1S/C18H27N3O4/c1-11-7-12(8-13(10-20-5)15(11)19)9-14(16(22)24-6)21-17(23)25-18(2,3)4/h7-8,10,14H,9,19H2,1-6H3,(H,21,23)/t14-/m1/s1. The predicted octanol–water partition coefficient (Wildman–Crippen LogP) is 2.23. The number of nitrogens with zero attached hydrogens (tertiary/aromatic N) is 1. The lowest BCUT2D eigenvalue weighted by Crippen LogP contribution is -2.45. The van der Waals surface area contributed by atoms with E-state index in [-0.39, 0.29) is 6.42 Å². The summed E-state index contributed by atoms with van der Waals surface area (Å²) >= 11 is 0. The van der Waals surface area contributed by atoms with Crippen LogP contribution in [0.2, 0.25) is 0 Å². The van der Waals surface area contributed by atoms with Gasteiger partial charge in [-0.15, -0.1) is 0 Å². The van der Waals surface area contributed by atoms with Gasteiger partial charge in [0.2, 0.25) is 0 Å². The molecule has 0 heterocycles. The van der Waals surface area contributed by atoms with Gasteiger partial charge >= 0.3 is 12.1 Å². The van der Waals surface area contributed by atoms with Crippen molar-refractivity contribution in [2.75, 3.05) is 19.9 Å². The Bertz CT molecular complexity index is 663. The molecule has 25 heavy (non-hydrogen) atoms. The average molecular weight is 349 g/mol. The first kappa shape index (κ1) is 20.5. The molecule has 0 fully saturated rings. The van der Waals surface area contributed by atoms with Crippen molar-refractivity contribution in [2.24, 2.45) is 4.99 Å². The van der Waals surface area contributed by atoms with Crippen LogP contribution in [0.5, 0.6) is 0 Å². The number of hydrogen-bond acceptors (Lipinski definition) is 6. The molecule has 0 spiro atoms. The molecular formula is C18H27N3O4. The number of nitrogen functional groups attached to an aromatic ring is 1. The van der Waals surface area contributed by atoms with Crippen molar-refractivity contribution in [3.05, 3.63) is 28.8 Å². The van der Waals surface area contributed by atoms with Gasteiger partial charge in [-0.25, -0.2) is 9.59 Å². The zero-order chi connectivity index (χ0) is 19.2. The van der Waals surface area contributed by atoms with Crippen molar-refractivity contribution in [1.29, 1.82) is 0 Å². The van der Waals surface area contributed by atoms with Gasteiger partial charge in [-0.1, -0.05) is 6.07 Å². The lowest BCUT2D eigenvalue weighted by molar-refractivity contribution is -0.143. The van der Waals surface area contributed by atoms with E-state index >= 15 is 0 Å². The Labute approximate surface area is 148 Å². The molecule has 0 bridgehead atoms. The fraction of sp³-hybridized carbons (Fsp3) is 0.500. The largest absolute Gasteiger partial charge is 0.467 e. The van der Waals surface area contributed by atoms with E-state index in [0.29, 0.717) is 5.69 Å². The summed E-state index contributed by atoms with van der Waals surface area (Å²) < 4.78 is 9.99. The molecule has 1 atom stereocenters. The van der Waals surface area contributed by atoms with Gasteiger partial charge in [0.1, 0.15) is 11.6 Å². The molecule has 0 unspecified atom stereocenters. The van der Waals surface area contributed by atoms with E-state index < -0.39 is 23.7 Å². The second-order valence-electron chi connectivity index (χ2n) is 6.73. The van der Waals surface area contributed by atoms with Crippen LogP contribution in [0.1, 0.15) is 37.5 Å². The van der Waals surface area contributed by atoms with Crippen molar-refractivity contribution in [3.63, 3.8) is 0 Å². The lowest BCUT2D eigenvalue weighted by atomic mass is 9.99. The number of alkyl carbamates (subject to hydrolysis) is 1. The maximum atomic E-state index is 12.0. The zero-order valence-corrected chi connectivity index (χ0v) is 15.7. The zero-order valence-electron chi connectivity index (χ0n) is 15.7. The highest BCUT2D eigenvalue weighted by atomic mass is 16.6. The van der Waals surface area contributed by atoms with Gasteiger partial charge in [-0.3, -0.25) is 4.99 Å². The lowest BCUT2D eigenvalue weighted by Gasteiger charge is -2.23. The molecular weight excluding hydrogens is 322 g/mol. The van der Waals surface area contributed by atoms with Crippen molar-refractivity contribution in [2.45, 2.75) is 45.8 Å². The van der Waals surface area contributed by atoms with E-state index in [4.69, 9.17) is 15.2 Å². The highest BCUT2D eigenvalue weighted by Gasteiger charge is 2.25. The Hall–Kier alpha value is -2.57. The molecule has 7 nitrogen and oxygen atoms in total. The summed E-state index contributed by atoms with van der Waals surface area (Å²) in [6.45, 7) is 7.12. The van der Waals surface area contributed by atoms with E-state index in [2.05, 4.69) is 10.3 Å². The van der Waals surface area contributed by atoms with Gasteiger partial charge in [0.15, 0.2) is 0 Å². The number of benzene rings is 1. The number of aliphatic imine (C=N–C) groups is 1. The topological polar surface area (TPSA) is 103 Å². The van der Waals surface area contributed by atoms with Gasteiger partial charge in [-0.05, 0) is 44.9 Å².